The molecule has 0 aliphatic heterocycles. The Kier molecular flexibility index (Phi) is 6.93. The van der Waals surface area contributed by atoms with Gasteiger partial charge in [-0.1, -0.05) is 140 Å². The molecule has 0 saturated heterocycles. The molecule has 0 N–H and O–H groups in total. The van der Waals surface area contributed by atoms with Crippen molar-refractivity contribution in [1.29, 1.82) is 0 Å². The number of hydrogen-bond acceptors (Lipinski definition) is 0. The van der Waals surface area contributed by atoms with Gasteiger partial charge in [0.2, 0.25) is 0 Å². The summed E-state index contributed by atoms with van der Waals surface area (Å²) in [4.78, 5) is 0. The molecule has 0 spiro atoms. The van der Waals surface area contributed by atoms with Gasteiger partial charge in [0.25, 0.3) is 0 Å². The number of aromatic nitrogens is 3. The van der Waals surface area contributed by atoms with E-state index in [-0.39, 0.29) is 0 Å². The van der Waals surface area contributed by atoms with Gasteiger partial charge >= 0.3 is 0 Å². The monoisotopic (exact) mass is 725 g/mol. The van der Waals surface area contributed by atoms with Gasteiger partial charge < -0.3 is 13.7 Å². The average molecular weight is 726 g/mol. The maximum atomic E-state index is 2.47. The molecule has 57 heavy (non-hydrogen) atoms. The summed E-state index contributed by atoms with van der Waals surface area (Å²) in [6, 6.07) is 77.4. The standard InChI is InChI=1S/C54H35N3/c1-4-14-36(15-5-1)37-24-28-42(29-25-37)55-49-22-12-11-21-44(49)47-34-38(26-32-51(47)55)39-27-33-52-48(35-39)46-31-30-45-43-20-10-13-23-50(43)56(40-16-6-2-7-17-40)53(45)54(46)57(52)41-18-8-3-9-19-41/h1-35H. The van der Waals surface area contributed by atoms with Crippen molar-refractivity contribution in [2.24, 2.45) is 0 Å². The molecule has 0 saturated carbocycles. The lowest BCUT2D eigenvalue weighted by atomic mass is 10.00. The van der Waals surface area contributed by atoms with Gasteiger partial charge in [0.05, 0.1) is 33.1 Å². The van der Waals surface area contributed by atoms with E-state index in [1.54, 1.807) is 0 Å². The van der Waals surface area contributed by atoms with E-state index in [0.717, 1.165) is 17.1 Å². The molecule has 3 heteroatoms. The lowest BCUT2D eigenvalue weighted by Crippen LogP contribution is -1.98. The first-order chi connectivity index (χ1) is 28.3. The van der Waals surface area contributed by atoms with Crippen molar-refractivity contribution in [3.05, 3.63) is 212 Å². The molecular formula is C54H35N3. The van der Waals surface area contributed by atoms with Crippen LogP contribution in [0.5, 0.6) is 0 Å². The second kappa shape index (κ2) is 12.5. The highest BCUT2D eigenvalue weighted by atomic mass is 15.0. The lowest BCUT2D eigenvalue weighted by Gasteiger charge is -2.12. The van der Waals surface area contributed by atoms with Crippen molar-refractivity contribution in [1.82, 2.24) is 13.7 Å². The van der Waals surface area contributed by atoms with Crippen molar-refractivity contribution >= 4 is 65.4 Å². The van der Waals surface area contributed by atoms with Crippen LogP contribution in [0.25, 0.3) is 105 Å². The van der Waals surface area contributed by atoms with Crippen molar-refractivity contribution in [2.45, 2.75) is 0 Å². The minimum absolute atomic E-state index is 1.15. The molecule has 0 fully saturated rings. The Balaban J connectivity index is 1.08. The zero-order valence-corrected chi connectivity index (χ0v) is 31.0. The number of fused-ring (bicyclic) bond motifs is 10. The molecule has 9 aromatic carbocycles. The van der Waals surface area contributed by atoms with Crippen molar-refractivity contribution in [3.63, 3.8) is 0 Å². The first-order valence-electron chi connectivity index (χ1n) is 19.6. The Morgan fingerprint density at radius 1 is 0.211 bits per heavy atom. The molecule has 12 aromatic rings. The summed E-state index contributed by atoms with van der Waals surface area (Å²) in [6.45, 7) is 0. The van der Waals surface area contributed by atoms with Gasteiger partial charge in [-0.2, -0.15) is 0 Å². The van der Waals surface area contributed by atoms with Crippen LogP contribution in [-0.2, 0) is 0 Å². The molecule has 3 heterocycles. The highest BCUT2D eigenvalue weighted by Gasteiger charge is 2.22. The van der Waals surface area contributed by atoms with E-state index < -0.39 is 0 Å². The third-order valence-electron chi connectivity index (χ3n) is 11.8. The van der Waals surface area contributed by atoms with Gasteiger partial charge in [-0.3, -0.25) is 0 Å². The summed E-state index contributed by atoms with van der Waals surface area (Å²) in [6.07, 6.45) is 0. The number of benzene rings is 9. The largest absolute Gasteiger partial charge is 0.309 e. The van der Waals surface area contributed by atoms with Gasteiger partial charge in [-0.15, -0.1) is 0 Å². The Morgan fingerprint density at radius 2 is 0.579 bits per heavy atom. The smallest absolute Gasteiger partial charge is 0.0788 e. The van der Waals surface area contributed by atoms with E-state index in [2.05, 4.69) is 226 Å². The predicted octanol–water partition coefficient (Wildman–Crippen LogP) is 14.3. The Hall–Kier alpha value is -7.62. The van der Waals surface area contributed by atoms with Crippen LogP contribution in [0, 0.1) is 0 Å². The minimum atomic E-state index is 1.15. The summed E-state index contributed by atoms with van der Waals surface area (Å²) in [7, 11) is 0. The van der Waals surface area contributed by atoms with E-state index in [1.807, 2.05) is 0 Å². The van der Waals surface area contributed by atoms with Crippen molar-refractivity contribution in [2.75, 3.05) is 0 Å². The summed E-state index contributed by atoms with van der Waals surface area (Å²) in [5.41, 5.74) is 15.5. The highest BCUT2D eigenvalue weighted by molar-refractivity contribution is 6.24. The van der Waals surface area contributed by atoms with Crippen molar-refractivity contribution in [3.8, 4) is 39.3 Å². The summed E-state index contributed by atoms with van der Waals surface area (Å²) in [5, 5.41) is 7.47. The predicted molar refractivity (Wildman–Crippen MR) is 240 cm³/mol. The van der Waals surface area contributed by atoms with Gasteiger partial charge in [0.1, 0.15) is 0 Å². The molecule has 3 aromatic heterocycles. The molecular weight excluding hydrogens is 691 g/mol. The third kappa shape index (κ3) is 4.79. The van der Waals surface area contributed by atoms with Crippen LogP contribution >= 0.6 is 0 Å². The minimum Gasteiger partial charge on any atom is -0.309 e. The van der Waals surface area contributed by atoms with Gasteiger partial charge in [0, 0.05) is 49.4 Å². The first-order valence-corrected chi connectivity index (χ1v) is 19.6. The Labute approximate surface area is 329 Å². The summed E-state index contributed by atoms with van der Waals surface area (Å²) < 4.78 is 7.32. The fraction of sp³-hybridized carbons (Fsp3) is 0. The third-order valence-corrected chi connectivity index (χ3v) is 11.8. The van der Waals surface area contributed by atoms with E-state index >= 15 is 0 Å². The fourth-order valence-electron chi connectivity index (χ4n) is 9.29. The quantitative estimate of drug-likeness (QED) is 0.168. The summed E-state index contributed by atoms with van der Waals surface area (Å²) in [5.74, 6) is 0. The number of hydrogen-bond donors (Lipinski definition) is 0. The maximum Gasteiger partial charge on any atom is 0.0788 e. The maximum absolute atomic E-state index is 2.47. The van der Waals surface area contributed by atoms with Gasteiger partial charge in [0.15, 0.2) is 0 Å². The van der Waals surface area contributed by atoms with E-state index in [9.17, 15) is 0 Å². The van der Waals surface area contributed by atoms with E-state index in [0.29, 0.717) is 0 Å². The molecule has 0 bridgehead atoms. The molecule has 0 atom stereocenters. The fourth-order valence-corrected chi connectivity index (χ4v) is 9.29. The number of para-hydroxylation sites is 4. The molecule has 0 aliphatic rings. The van der Waals surface area contributed by atoms with Crippen LogP contribution in [0.2, 0.25) is 0 Å². The van der Waals surface area contributed by atoms with Crippen LogP contribution in [0.4, 0.5) is 0 Å². The van der Waals surface area contributed by atoms with Crippen molar-refractivity contribution < 1.29 is 0 Å². The van der Waals surface area contributed by atoms with Crippen LogP contribution in [-0.4, -0.2) is 13.7 Å². The molecule has 3 nitrogen and oxygen atoms in total. The van der Waals surface area contributed by atoms with Crippen LogP contribution in [0.1, 0.15) is 0 Å². The molecule has 0 aliphatic carbocycles. The first kappa shape index (κ1) is 31.7. The zero-order chi connectivity index (χ0) is 37.5. The topological polar surface area (TPSA) is 14.8 Å². The second-order valence-electron chi connectivity index (χ2n) is 14.9. The van der Waals surface area contributed by atoms with Crippen LogP contribution in [0.3, 0.4) is 0 Å². The van der Waals surface area contributed by atoms with E-state index in [4.69, 9.17) is 0 Å². The SMILES string of the molecule is c1ccc(-c2ccc(-n3c4ccccc4c4cc(-c5ccc6c(c5)c5ccc7c8ccccc8n(-c8ccccc8)c7c5n6-c5ccccc5)ccc43)cc2)cc1. The number of nitrogens with zero attached hydrogens (tertiary/aromatic N) is 3. The van der Waals surface area contributed by atoms with Gasteiger partial charge in [-0.05, 0) is 95.1 Å². The normalized spacial score (nSPS) is 11.9. The molecule has 266 valence electrons. The average Bonchev–Trinajstić information content (AvgIpc) is 3.93. The molecule has 0 amide bonds. The molecule has 0 radical (unpaired) electrons. The highest BCUT2D eigenvalue weighted by Crippen LogP contribution is 2.43. The van der Waals surface area contributed by atoms with Crippen LogP contribution in [0.15, 0.2) is 212 Å². The van der Waals surface area contributed by atoms with E-state index in [1.165, 1.54) is 87.7 Å². The lowest BCUT2D eigenvalue weighted by molar-refractivity contribution is 1.15. The zero-order valence-electron chi connectivity index (χ0n) is 31.0. The van der Waals surface area contributed by atoms with Crippen LogP contribution < -0.4 is 0 Å². The number of rotatable bonds is 5. The second-order valence-corrected chi connectivity index (χ2v) is 14.9. The Bertz CT molecular complexity index is 3480. The van der Waals surface area contributed by atoms with Gasteiger partial charge in [-0.25, -0.2) is 0 Å². The molecule has 12 rings (SSSR count). The Morgan fingerprint density at radius 3 is 1.16 bits per heavy atom. The summed E-state index contributed by atoms with van der Waals surface area (Å²) >= 11 is 0. The molecule has 0 unspecified atom stereocenters.